The Morgan fingerprint density at radius 3 is 2.58 bits per heavy atom. The Morgan fingerprint density at radius 2 is 1.94 bits per heavy atom. The van der Waals surface area contributed by atoms with Crippen molar-refractivity contribution in [1.82, 2.24) is 24.6 Å². The zero-order chi connectivity index (χ0) is 26.0. The first-order valence-corrected chi connectivity index (χ1v) is 12.9. The van der Waals surface area contributed by atoms with Crippen LogP contribution in [0.15, 0.2) is 48.1 Å². The standard InChI is InChI=1S/C26H32FN5O3S/c1-17(2)32(22-11-12-30(15-20(22)27)25(34)35-26(3,4)5)24(33)21-16-36-23(29-21)18-13-28-31(14-18)19-9-7-6-8-10-19/h6-10,13-14,16-17,20,22H,11-12,15H2,1-5H3. The third-order valence-corrected chi connectivity index (χ3v) is 6.77. The number of alkyl halides is 1. The molecule has 2 aromatic heterocycles. The zero-order valence-electron chi connectivity index (χ0n) is 21.2. The number of carbonyl (C=O) groups is 2. The van der Waals surface area contributed by atoms with Crippen LogP contribution in [0.4, 0.5) is 9.18 Å². The molecule has 1 aromatic carbocycles. The molecular formula is C26H32FN5O3S. The minimum Gasteiger partial charge on any atom is -0.444 e. The van der Waals surface area contributed by atoms with Crippen molar-refractivity contribution in [2.45, 2.75) is 64.9 Å². The van der Waals surface area contributed by atoms with Gasteiger partial charge in [-0.05, 0) is 53.2 Å². The molecule has 192 valence electrons. The van der Waals surface area contributed by atoms with Crippen LogP contribution in [0.5, 0.6) is 0 Å². The lowest BCUT2D eigenvalue weighted by Gasteiger charge is -2.42. The van der Waals surface area contributed by atoms with E-state index in [0.29, 0.717) is 18.0 Å². The fourth-order valence-electron chi connectivity index (χ4n) is 4.26. The molecule has 1 aliphatic heterocycles. The number of nitrogens with zero attached hydrogens (tertiary/aromatic N) is 5. The molecule has 0 radical (unpaired) electrons. The van der Waals surface area contributed by atoms with Crippen molar-refractivity contribution < 1.29 is 18.7 Å². The third-order valence-electron chi connectivity index (χ3n) is 5.88. The van der Waals surface area contributed by atoms with Gasteiger partial charge in [-0.3, -0.25) is 4.79 Å². The molecule has 1 saturated heterocycles. The first kappa shape index (κ1) is 25.8. The molecule has 0 bridgehead atoms. The number of halogens is 1. The summed E-state index contributed by atoms with van der Waals surface area (Å²) in [4.78, 5) is 33.4. The second-order valence-electron chi connectivity index (χ2n) is 10.2. The number of likely N-dealkylation sites (tertiary alicyclic amines) is 1. The number of para-hydroxylation sites is 1. The normalized spacial score (nSPS) is 18.4. The molecule has 0 N–H and O–H groups in total. The quantitative estimate of drug-likeness (QED) is 0.469. The van der Waals surface area contributed by atoms with Gasteiger partial charge < -0.3 is 14.5 Å². The highest BCUT2D eigenvalue weighted by Gasteiger charge is 2.40. The molecule has 2 atom stereocenters. The number of hydrogen-bond acceptors (Lipinski definition) is 6. The van der Waals surface area contributed by atoms with Crippen LogP contribution in [0.25, 0.3) is 16.3 Å². The highest BCUT2D eigenvalue weighted by Crippen LogP contribution is 2.28. The van der Waals surface area contributed by atoms with E-state index in [9.17, 15) is 9.59 Å². The highest BCUT2D eigenvalue weighted by atomic mass is 32.1. The second kappa shape index (κ2) is 10.4. The maximum atomic E-state index is 15.3. The van der Waals surface area contributed by atoms with E-state index in [-0.39, 0.29) is 24.2 Å². The predicted octanol–water partition coefficient (Wildman–Crippen LogP) is 5.19. The Labute approximate surface area is 214 Å². The SMILES string of the molecule is CC(C)N(C(=O)c1csc(-c2cnn(-c3ccccc3)c2)n1)C1CCN(C(=O)OC(C)(C)C)CC1F. The molecular weight excluding hydrogens is 481 g/mol. The van der Waals surface area contributed by atoms with E-state index in [1.807, 2.05) is 50.4 Å². The molecule has 1 aliphatic rings. The van der Waals surface area contributed by atoms with Gasteiger partial charge in [-0.25, -0.2) is 18.9 Å². The van der Waals surface area contributed by atoms with Crippen LogP contribution in [0.2, 0.25) is 0 Å². The largest absolute Gasteiger partial charge is 0.444 e. The Kier molecular flexibility index (Phi) is 7.44. The van der Waals surface area contributed by atoms with Crippen molar-refractivity contribution in [3.05, 3.63) is 53.8 Å². The van der Waals surface area contributed by atoms with Crippen molar-refractivity contribution >= 4 is 23.3 Å². The van der Waals surface area contributed by atoms with Crippen LogP contribution in [0, 0.1) is 0 Å². The van der Waals surface area contributed by atoms with Gasteiger partial charge in [-0.2, -0.15) is 5.10 Å². The van der Waals surface area contributed by atoms with Gasteiger partial charge >= 0.3 is 6.09 Å². The van der Waals surface area contributed by atoms with Crippen molar-refractivity contribution in [3.63, 3.8) is 0 Å². The summed E-state index contributed by atoms with van der Waals surface area (Å²) in [5.74, 6) is -0.318. The van der Waals surface area contributed by atoms with E-state index in [0.717, 1.165) is 11.3 Å². The molecule has 10 heteroatoms. The van der Waals surface area contributed by atoms with Crippen molar-refractivity contribution in [3.8, 4) is 16.3 Å². The lowest BCUT2D eigenvalue weighted by atomic mass is 9.99. The molecule has 2 amide bonds. The Bertz CT molecular complexity index is 1200. The lowest BCUT2D eigenvalue weighted by Crippen LogP contribution is -2.57. The number of aromatic nitrogens is 3. The molecule has 36 heavy (non-hydrogen) atoms. The van der Waals surface area contributed by atoms with Gasteiger partial charge in [-0.15, -0.1) is 11.3 Å². The molecule has 2 unspecified atom stereocenters. The maximum absolute atomic E-state index is 15.3. The first-order valence-electron chi connectivity index (χ1n) is 12.0. The van der Waals surface area contributed by atoms with Crippen LogP contribution < -0.4 is 0 Å². The van der Waals surface area contributed by atoms with Crippen molar-refractivity contribution in [2.24, 2.45) is 0 Å². The van der Waals surface area contributed by atoms with Gasteiger partial charge in [0.1, 0.15) is 22.5 Å². The number of ether oxygens (including phenoxy) is 1. The maximum Gasteiger partial charge on any atom is 0.410 e. The average Bonchev–Trinajstić information content (AvgIpc) is 3.49. The monoisotopic (exact) mass is 513 g/mol. The van der Waals surface area contributed by atoms with Crippen molar-refractivity contribution in [2.75, 3.05) is 13.1 Å². The highest BCUT2D eigenvalue weighted by molar-refractivity contribution is 7.13. The molecule has 0 spiro atoms. The number of piperidine rings is 1. The van der Waals surface area contributed by atoms with Gasteiger partial charge in [0.15, 0.2) is 0 Å². The number of thiazole rings is 1. The molecule has 3 heterocycles. The van der Waals surface area contributed by atoms with E-state index < -0.39 is 23.9 Å². The van der Waals surface area contributed by atoms with Gasteiger partial charge in [0.05, 0.1) is 24.5 Å². The zero-order valence-corrected chi connectivity index (χ0v) is 22.0. The van der Waals surface area contributed by atoms with Crippen LogP contribution in [0.3, 0.4) is 0 Å². The Morgan fingerprint density at radius 1 is 1.22 bits per heavy atom. The number of benzene rings is 1. The second-order valence-corrected chi connectivity index (χ2v) is 11.0. The van der Waals surface area contributed by atoms with Gasteiger partial charge in [-0.1, -0.05) is 18.2 Å². The van der Waals surface area contributed by atoms with Crippen LogP contribution >= 0.6 is 11.3 Å². The predicted molar refractivity (Wildman–Crippen MR) is 137 cm³/mol. The van der Waals surface area contributed by atoms with Crippen LogP contribution in [0.1, 0.15) is 51.5 Å². The summed E-state index contributed by atoms with van der Waals surface area (Å²) in [6.45, 7) is 9.26. The minimum atomic E-state index is -1.39. The topological polar surface area (TPSA) is 80.6 Å². The fourth-order valence-corrected chi connectivity index (χ4v) is 5.03. The van der Waals surface area contributed by atoms with E-state index in [2.05, 4.69) is 10.1 Å². The summed E-state index contributed by atoms with van der Waals surface area (Å²) >= 11 is 1.35. The number of carbonyl (C=O) groups excluding carboxylic acids is 2. The number of amides is 2. The van der Waals surface area contributed by atoms with Crippen LogP contribution in [-0.4, -0.2) is 73.5 Å². The molecule has 1 fully saturated rings. The smallest absolute Gasteiger partial charge is 0.410 e. The van der Waals surface area contributed by atoms with E-state index in [4.69, 9.17) is 4.74 Å². The van der Waals surface area contributed by atoms with Gasteiger partial charge in [0, 0.05) is 29.7 Å². The first-order chi connectivity index (χ1) is 17.0. The number of hydrogen-bond donors (Lipinski definition) is 0. The summed E-state index contributed by atoms with van der Waals surface area (Å²) in [5.41, 5.74) is 1.35. The molecule has 0 saturated carbocycles. The van der Waals surface area contributed by atoms with Crippen molar-refractivity contribution in [1.29, 1.82) is 0 Å². The molecule has 0 aliphatic carbocycles. The molecule has 8 nitrogen and oxygen atoms in total. The Balaban J connectivity index is 1.47. The molecule has 3 aromatic rings. The fraction of sp³-hybridized carbons (Fsp3) is 0.462. The average molecular weight is 514 g/mol. The lowest BCUT2D eigenvalue weighted by molar-refractivity contribution is -0.00741. The summed E-state index contributed by atoms with van der Waals surface area (Å²) in [6.07, 6.45) is 1.98. The van der Waals surface area contributed by atoms with Gasteiger partial charge in [0.2, 0.25) is 0 Å². The minimum absolute atomic E-state index is 0.114. The van der Waals surface area contributed by atoms with E-state index in [1.165, 1.54) is 16.2 Å². The Hall–Kier alpha value is -3.27. The molecule has 4 rings (SSSR count). The van der Waals surface area contributed by atoms with Crippen LogP contribution in [-0.2, 0) is 4.74 Å². The summed E-state index contributed by atoms with van der Waals surface area (Å²) < 4.78 is 22.5. The number of rotatable bonds is 5. The van der Waals surface area contributed by atoms with Gasteiger partial charge in [0.25, 0.3) is 5.91 Å². The van der Waals surface area contributed by atoms with E-state index >= 15 is 4.39 Å². The third kappa shape index (κ3) is 5.75. The summed E-state index contributed by atoms with van der Waals surface area (Å²) in [7, 11) is 0. The van der Waals surface area contributed by atoms with E-state index in [1.54, 1.807) is 41.9 Å². The summed E-state index contributed by atoms with van der Waals surface area (Å²) in [6, 6.07) is 8.84. The summed E-state index contributed by atoms with van der Waals surface area (Å²) in [5, 5.41) is 6.77.